The molecular formula is C16H25N3O. The molecule has 1 aliphatic rings. The number of carbonyl (C=O) groups excluding carboxylic acids is 1. The third-order valence-corrected chi connectivity index (χ3v) is 4.28. The molecule has 4 N–H and O–H groups in total. The summed E-state index contributed by atoms with van der Waals surface area (Å²) in [6, 6.07) is 5.86. The Morgan fingerprint density at radius 2 is 2.00 bits per heavy atom. The normalized spacial score (nSPS) is 17.5. The van der Waals surface area contributed by atoms with E-state index >= 15 is 0 Å². The molecule has 0 aromatic heterocycles. The molecule has 1 fully saturated rings. The maximum absolute atomic E-state index is 11.6. The van der Waals surface area contributed by atoms with E-state index in [1.807, 2.05) is 12.1 Å². The Kier molecular flexibility index (Phi) is 4.88. The quantitative estimate of drug-likeness (QED) is 0.740. The van der Waals surface area contributed by atoms with Gasteiger partial charge in [0.1, 0.15) is 0 Å². The Hall–Kier alpha value is -1.71. The maximum Gasteiger partial charge on any atom is 0.251 e. The van der Waals surface area contributed by atoms with Gasteiger partial charge in [-0.1, -0.05) is 19.3 Å². The van der Waals surface area contributed by atoms with Gasteiger partial charge in [-0.3, -0.25) is 4.79 Å². The van der Waals surface area contributed by atoms with Gasteiger partial charge in [0.25, 0.3) is 5.91 Å². The number of nitrogens with two attached hydrogens (primary N) is 1. The number of carbonyl (C=O) groups is 1. The number of hydrogen-bond acceptors (Lipinski definition) is 3. The van der Waals surface area contributed by atoms with Crippen molar-refractivity contribution in [3.63, 3.8) is 0 Å². The molecule has 110 valence electrons. The van der Waals surface area contributed by atoms with E-state index in [1.54, 1.807) is 13.1 Å². The summed E-state index contributed by atoms with van der Waals surface area (Å²) >= 11 is 0. The first-order valence-electron chi connectivity index (χ1n) is 7.50. The second kappa shape index (κ2) is 6.64. The monoisotopic (exact) mass is 275 g/mol. The van der Waals surface area contributed by atoms with E-state index in [1.165, 1.54) is 32.1 Å². The van der Waals surface area contributed by atoms with E-state index in [2.05, 4.69) is 17.6 Å². The summed E-state index contributed by atoms with van der Waals surface area (Å²) in [7, 11) is 1.62. The van der Waals surface area contributed by atoms with Crippen molar-refractivity contribution in [2.24, 2.45) is 5.92 Å². The highest BCUT2D eigenvalue weighted by Crippen LogP contribution is 2.29. The molecular weight excluding hydrogens is 250 g/mol. The van der Waals surface area contributed by atoms with E-state index in [0.29, 0.717) is 17.3 Å². The van der Waals surface area contributed by atoms with Gasteiger partial charge in [-0.15, -0.1) is 0 Å². The molecule has 0 saturated heterocycles. The van der Waals surface area contributed by atoms with E-state index in [4.69, 9.17) is 5.73 Å². The number of benzene rings is 1. The highest BCUT2D eigenvalue weighted by Gasteiger charge is 2.20. The molecule has 1 unspecified atom stereocenters. The van der Waals surface area contributed by atoms with Gasteiger partial charge in [-0.25, -0.2) is 0 Å². The van der Waals surface area contributed by atoms with Crippen LogP contribution in [0.15, 0.2) is 18.2 Å². The van der Waals surface area contributed by atoms with Crippen LogP contribution in [-0.4, -0.2) is 19.0 Å². The minimum atomic E-state index is -0.108. The number of rotatable bonds is 4. The van der Waals surface area contributed by atoms with Crippen molar-refractivity contribution in [1.82, 2.24) is 5.32 Å². The third kappa shape index (κ3) is 3.44. The number of hydrogen-bond donors (Lipinski definition) is 3. The lowest BCUT2D eigenvalue weighted by atomic mass is 9.84. The number of nitrogen functional groups attached to an aromatic ring is 1. The molecule has 0 radical (unpaired) electrons. The zero-order valence-corrected chi connectivity index (χ0v) is 12.4. The van der Waals surface area contributed by atoms with Gasteiger partial charge in [0.2, 0.25) is 0 Å². The van der Waals surface area contributed by atoms with Gasteiger partial charge >= 0.3 is 0 Å². The van der Waals surface area contributed by atoms with Gasteiger partial charge in [0.15, 0.2) is 0 Å². The van der Waals surface area contributed by atoms with Crippen molar-refractivity contribution >= 4 is 17.3 Å². The first kappa shape index (κ1) is 14.7. The Bertz CT molecular complexity index is 467. The molecule has 1 atom stereocenters. The standard InChI is InChI=1S/C16H25N3O/c1-11(12-6-4-3-5-7-12)19-15-9-8-13(10-14(15)17)16(20)18-2/h8-12,19H,3-7,17H2,1-2H3,(H,18,20). The zero-order valence-electron chi connectivity index (χ0n) is 12.4. The molecule has 0 heterocycles. The molecule has 1 amide bonds. The fraction of sp³-hybridized carbons (Fsp3) is 0.562. The number of anilines is 2. The van der Waals surface area contributed by atoms with Crippen molar-refractivity contribution in [3.05, 3.63) is 23.8 Å². The molecule has 1 aromatic carbocycles. The first-order valence-corrected chi connectivity index (χ1v) is 7.50. The van der Waals surface area contributed by atoms with Crippen LogP contribution in [0.5, 0.6) is 0 Å². The second-order valence-corrected chi connectivity index (χ2v) is 5.71. The van der Waals surface area contributed by atoms with Crippen LogP contribution < -0.4 is 16.4 Å². The first-order chi connectivity index (χ1) is 9.61. The Labute approximate surface area is 121 Å². The lowest BCUT2D eigenvalue weighted by Gasteiger charge is -2.29. The largest absolute Gasteiger partial charge is 0.397 e. The topological polar surface area (TPSA) is 67.2 Å². The van der Waals surface area contributed by atoms with Crippen molar-refractivity contribution in [2.75, 3.05) is 18.1 Å². The predicted molar refractivity (Wildman–Crippen MR) is 83.9 cm³/mol. The van der Waals surface area contributed by atoms with E-state index in [9.17, 15) is 4.79 Å². The average molecular weight is 275 g/mol. The number of amides is 1. The predicted octanol–water partition coefficient (Wildman–Crippen LogP) is 3.01. The SMILES string of the molecule is CNC(=O)c1ccc(NC(C)C2CCCCC2)c(N)c1. The van der Waals surface area contributed by atoms with E-state index in [-0.39, 0.29) is 5.91 Å². The lowest BCUT2D eigenvalue weighted by molar-refractivity contribution is 0.0963. The molecule has 1 aliphatic carbocycles. The summed E-state index contributed by atoms with van der Waals surface area (Å²) in [6.45, 7) is 2.22. The van der Waals surface area contributed by atoms with Crippen molar-refractivity contribution in [1.29, 1.82) is 0 Å². The molecule has 4 heteroatoms. The van der Waals surface area contributed by atoms with Crippen molar-refractivity contribution < 1.29 is 4.79 Å². The maximum atomic E-state index is 11.6. The van der Waals surface area contributed by atoms with Crippen molar-refractivity contribution in [2.45, 2.75) is 45.1 Å². The van der Waals surface area contributed by atoms with Crippen LogP contribution >= 0.6 is 0 Å². The average Bonchev–Trinajstić information content (AvgIpc) is 2.49. The molecule has 0 bridgehead atoms. The summed E-state index contributed by atoms with van der Waals surface area (Å²) in [5.41, 5.74) is 8.21. The zero-order chi connectivity index (χ0) is 14.5. The molecule has 2 rings (SSSR count). The highest BCUT2D eigenvalue weighted by molar-refractivity contribution is 5.95. The second-order valence-electron chi connectivity index (χ2n) is 5.71. The van der Waals surface area contributed by atoms with E-state index < -0.39 is 0 Å². The van der Waals surface area contributed by atoms with Gasteiger partial charge in [0, 0.05) is 18.7 Å². The minimum absolute atomic E-state index is 0.108. The van der Waals surface area contributed by atoms with Gasteiger partial charge in [0.05, 0.1) is 11.4 Å². The molecule has 0 aliphatic heterocycles. The molecule has 1 aromatic rings. The minimum Gasteiger partial charge on any atom is -0.397 e. The Morgan fingerprint density at radius 1 is 1.30 bits per heavy atom. The summed E-state index contributed by atoms with van der Waals surface area (Å²) < 4.78 is 0. The van der Waals surface area contributed by atoms with E-state index in [0.717, 1.165) is 11.6 Å². The lowest BCUT2D eigenvalue weighted by Crippen LogP contribution is -2.28. The fourth-order valence-corrected chi connectivity index (χ4v) is 2.98. The number of nitrogens with one attached hydrogen (secondary N) is 2. The van der Waals surface area contributed by atoms with Crippen LogP contribution in [0, 0.1) is 5.92 Å². The smallest absolute Gasteiger partial charge is 0.251 e. The van der Waals surface area contributed by atoms with Gasteiger partial charge in [-0.05, 0) is 43.9 Å². The van der Waals surface area contributed by atoms with Crippen molar-refractivity contribution in [3.8, 4) is 0 Å². The third-order valence-electron chi connectivity index (χ3n) is 4.28. The Morgan fingerprint density at radius 3 is 2.60 bits per heavy atom. The summed E-state index contributed by atoms with van der Waals surface area (Å²) in [6.07, 6.45) is 6.63. The summed E-state index contributed by atoms with van der Waals surface area (Å²) in [5.74, 6) is 0.616. The molecule has 0 spiro atoms. The highest BCUT2D eigenvalue weighted by atomic mass is 16.1. The summed E-state index contributed by atoms with van der Waals surface area (Å²) in [4.78, 5) is 11.6. The summed E-state index contributed by atoms with van der Waals surface area (Å²) in [5, 5.41) is 6.11. The Balaban J connectivity index is 2.03. The molecule has 1 saturated carbocycles. The van der Waals surface area contributed by atoms with Crippen LogP contribution in [-0.2, 0) is 0 Å². The molecule has 4 nitrogen and oxygen atoms in total. The van der Waals surface area contributed by atoms with Crippen LogP contribution in [0.3, 0.4) is 0 Å². The van der Waals surface area contributed by atoms with Gasteiger partial charge in [-0.2, -0.15) is 0 Å². The fourth-order valence-electron chi connectivity index (χ4n) is 2.98. The van der Waals surface area contributed by atoms with Crippen LogP contribution in [0.1, 0.15) is 49.4 Å². The van der Waals surface area contributed by atoms with Crippen LogP contribution in [0.2, 0.25) is 0 Å². The van der Waals surface area contributed by atoms with Gasteiger partial charge < -0.3 is 16.4 Å². The van der Waals surface area contributed by atoms with Crippen LogP contribution in [0.25, 0.3) is 0 Å². The molecule has 20 heavy (non-hydrogen) atoms. The van der Waals surface area contributed by atoms with Crippen LogP contribution in [0.4, 0.5) is 11.4 Å².